The minimum Gasteiger partial charge on any atom is -0.379 e. The predicted octanol–water partition coefficient (Wildman–Crippen LogP) is 4.02. The summed E-state index contributed by atoms with van der Waals surface area (Å²) in [5, 5.41) is 14.9. The quantitative estimate of drug-likeness (QED) is 0.411. The zero-order chi connectivity index (χ0) is 23.8. The molecule has 0 spiro atoms. The zero-order valence-corrected chi connectivity index (χ0v) is 19.5. The molecule has 8 nitrogen and oxygen atoms in total. The first-order valence-electron chi connectivity index (χ1n) is 10.7. The Balaban J connectivity index is 1.45. The molecule has 0 saturated heterocycles. The molecule has 0 aliphatic carbocycles. The lowest BCUT2D eigenvalue weighted by Gasteiger charge is -2.18. The van der Waals surface area contributed by atoms with Crippen LogP contribution >= 0.6 is 0 Å². The molecule has 3 aromatic rings. The number of sulfonamides is 1. The first-order chi connectivity index (χ1) is 15.6. The number of benzene rings is 2. The van der Waals surface area contributed by atoms with Gasteiger partial charge in [-0.15, -0.1) is 0 Å². The van der Waals surface area contributed by atoms with Gasteiger partial charge in [-0.2, -0.15) is 0 Å². The van der Waals surface area contributed by atoms with Crippen LogP contribution in [0.3, 0.4) is 0 Å². The van der Waals surface area contributed by atoms with Crippen molar-refractivity contribution in [2.24, 2.45) is 5.14 Å². The summed E-state index contributed by atoms with van der Waals surface area (Å²) in [6, 6.07) is 11.4. The lowest BCUT2D eigenvalue weighted by Crippen LogP contribution is -2.19. The molecule has 5 N–H and O–H groups in total. The summed E-state index contributed by atoms with van der Waals surface area (Å²) in [5.41, 5.74) is 3.28. The molecule has 0 bridgehead atoms. The fourth-order valence-electron chi connectivity index (χ4n) is 4.27. The average molecular weight is 471 g/mol. The van der Waals surface area contributed by atoms with E-state index in [2.05, 4.69) is 32.8 Å². The van der Waals surface area contributed by atoms with Gasteiger partial charge in [-0.05, 0) is 62.6 Å². The van der Waals surface area contributed by atoms with Crippen molar-refractivity contribution in [1.82, 2.24) is 9.97 Å². The molecule has 2 atom stereocenters. The van der Waals surface area contributed by atoms with Crippen LogP contribution in [0.25, 0.3) is 0 Å². The molecule has 0 fully saturated rings. The highest BCUT2D eigenvalue weighted by Gasteiger charge is 2.32. The first-order valence-corrected chi connectivity index (χ1v) is 12.2. The van der Waals surface area contributed by atoms with Gasteiger partial charge in [0.1, 0.15) is 23.3 Å². The van der Waals surface area contributed by atoms with Gasteiger partial charge in [0.25, 0.3) is 0 Å². The van der Waals surface area contributed by atoms with Gasteiger partial charge in [-0.3, -0.25) is 0 Å². The lowest BCUT2D eigenvalue weighted by atomic mass is 9.89. The van der Waals surface area contributed by atoms with Crippen LogP contribution in [0.5, 0.6) is 0 Å². The number of aryl methyl sites for hydroxylation is 2. The van der Waals surface area contributed by atoms with Crippen LogP contribution in [0.2, 0.25) is 0 Å². The highest BCUT2D eigenvalue weighted by atomic mass is 32.2. The second-order valence-electron chi connectivity index (χ2n) is 8.29. The van der Waals surface area contributed by atoms with E-state index in [0.29, 0.717) is 35.4 Å². The Morgan fingerprint density at radius 3 is 2.64 bits per heavy atom. The van der Waals surface area contributed by atoms with Gasteiger partial charge < -0.3 is 16.0 Å². The van der Waals surface area contributed by atoms with Crippen LogP contribution in [0.15, 0.2) is 47.4 Å². The maximum absolute atomic E-state index is 14.2. The van der Waals surface area contributed by atoms with Gasteiger partial charge in [-0.25, -0.2) is 27.9 Å². The Kier molecular flexibility index (Phi) is 6.22. The van der Waals surface area contributed by atoms with Gasteiger partial charge in [0.15, 0.2) is 0 Å². The number of rotatable bonds is 7. The van der Waals surface area contributed by atoms with Crippen LogP contribution in [-0.2, 0) is 10.0 Å². The second kappa shape index (κ2) is 8.95. The van der Waals surface area contributed by atoms with E-state index < -0.39 is 10.0 Å². The minimum atomic E-state index is -3.80. The number of hydrogen-bond donors (Lipinski definition) is 4. The molecular weight excluding hydrogens is 443 g/mol. The topological polar surface area (TPSA) is 122 Å². The number of primary sulfonamides is 1. The second-order valence-corrected chi connectivity index (χ2v) is 9.85. The van der Waals surface area contributed by atoms with Crippen molar-refractivity contribution in [2.45, 2.75) is 44.0 Å². The van der Waals surface area contributed by atoms with E-state index in [1.54, 1.807) is 25.1 Å². The monoisotopic (exact) mass is 470 g/mol. The summed E-state index contributed by atoms with van der Waals surface area (Å²) >= 11 is 0. The van der Waals surface area contributed by atoms with E-state index in [-0.39, 0.29) is 22.7 Å². The molecule has 1 aromatic heterocycles. The molecule has 0 saturated carbocycles. The molecule has 0 radical (unpaired) electrons. The summed E-state index contributed by atoms with van der Waals surface area (Å²) in [6.45, 7) is 6.50. The average Bonchev–Trinajstić information content (AvgIpc) is 3.07. The number of aromatic nitrogens is 2. The van der Waals surface area contributed by atoms with E-state index in [9.17, 15) is 12.8 Å². The molecule has 0 amide bonds. The SMILES string of the molecule is Cc1nc(NCCC2c3c(C)ccc(F)c3NC2C)cc(Nc2cccc(S(N)(=O)=O)c2)n1. The van der Waals surface area contributed by atoms with Gasteiger partial charge in [0, 0.05) is 30.3 Å². The summed E-state index contributed by atoms with van der Waals surface area (Å²) in [4.78, 5) is 8.83. The van der Waals surface area contributed by atoms with Crippen LogP contribution < -0.4 is 21.1 Å². The van der Waals surface area contributed by atoms with E-state index in [0.717, 1.165) is 17.5 Å². The minimum absolute atomic E-state index is 0.0166. The maximum atomic E-state index is 14.2. The number of anilines is 4. The number of nitrogens with one attached hydrogen (secondary N) is 3. The van der Waals surface area contributed by atoms with Gasteiger partial charge in [0.05, 0.1) is 10.6 Å². The summed E-state index contributed by atoms with van der Waals surface area (Å²) in [5.74, 6) is 1.69. The number of hydrogen-bond acceptors (Lipinski definition) is 7. The zero-order valence-electron chi connectivity index (χ0n) is 18.7. The normalized spacial score (nSPS) is 17.4. The smallest absolute Gasteiger partial charge is 0.238 e. The van der Waals surface area contributed by atoms with Crippen LogP contribution in [0.4, 0.5) is 27.4 Å². The molecule has 33 heavy (non-hydrogen) atoms. The number of nitrogens with zero attached hydrogens (tertiary/aromatic N) is 2. The molecule has 2 unspecified atom stereocenters. The molecular formula is C23H27FN6O2S. The standard InChI is InChI=1S/C23H27FN6O2S/c1-13-7-8-19(24)23-22(13)18(14(2)27-23)9-10-26-20-12-21(29-15(3)28-20)30-16-5-4-6-17(11-16)33(25,31)32/h4-8,11-12,14,18,27H,9-10H2,1-3H3,(H2,25,31,32)(H2,26,28,29,30). The largest absolute Gasteiger partial charge is 0.379 e. The Morgan fingerprint density at radius 1 is 1.12 bits per heavy atom. The predicted molar refractivity (Wildman–Crippen MR) is 128 cm³/mol. The fraction of sp³-hybridized carbons (Fsp3) is 0.304. The van der Waals surface area contributed by atoms with Crippen molar-refractivity contribution in [2.75, 3.05) is 22.5 Å². The highest BCUT2D eigenvalue weighted by Crippen LogP contribution is 2.41. The van der Waals surface area contributed by atoms with Crippen molar-refractivity contribution >= 4 is 33.0 Å². The number of nitrogens with two attached hydrogens (primary N) is 1. The Bertz CT molecular complexity index is 1300. The van der Waals surface area contributed by atoms with Gasteiger partial charge >= 0.3 is 0 Å². The molecule has 4 rings (SSSR count). The third kappa shape index (κ3) is 5.07. The molecule has 1 aliphatic heterocycles. The van der Waals surface area contributed by atoms with Crippen molar-refractivity contribution in [1.29, 1.82) is 0 Å². The van der Waals surface area contributed by atoms with E-state index in [4.69, 9.17) is 5.14 Å². The molecule has 174 valence electrons. The van der Waals surface area contributed by atoms with E-state index in [1.165, 1.54) is 18.2 Å². The third-order valence-electron chi connectivity index (χ3n) is 5.79. The highest BCUT2D eigenvalue weighted by molar-refractivity contribution is 7.89. The number of halogens is 1. The van der Waals surface area contributed by atoms with Crippen molar-refractivity contribution in [3.8, 4) is 0 Å². The van der Waals surface area contributed by atoms with E-state index in [1.807, 2.05) is 13.0 Å². The van der Waals surface area contributed by atoms with Crippen LogP contribution in [0, 0.1) is 19.7 Å². The van der Waals surface area contributed by atoms with Gasteiger partial charge in [0.2, 0.25) is 10.0 Å². The summed E-state index contributed by atoms with van der Waals surface area (Å²) < 4.78 is 37.4. The molecule has 1 aliphatic rings. The van der Waals surface area contributed by atoms with Gasteiger partial charge in [-0.1, -0.05) is 12.1 Å². The van der Waals surface area contributed by atoms with Crippen LogP contribution in [0.1, 0.15) is 36.2 Å². The van der Waals surface area contributed by atoms with Crippen molar-refractivity contribution < 1.29 is 12.8 Å². The Hall–Kier alpha value is -3.24. The first kappa shape index (κ1) is 22.9. The molecule has 2 aromatic carbocycles. The maximum Gasteiger partial charge on any atom is 0.238 e. The summed E-state index contributed by atoms with van der Waals surface area (Å²) in [6.07, 6.45) is 0.799. The lowest BCUT2D eigenvalue weighted by molar-refractivity contribution is 0.596. The third-order valence-corrected chi connectivity index (χ3v) is 6.70. The Labute approximate surface area is 192 Å². The fourth-order valence-corrected chi connectivity index (χ4v) is 4.83. The number of fused-ring (bicyclic) bond motifs is 1. The van der Waals surface area contributed by atoms with Crippen molar-refractivity contribution in [3.05, 3.63) is 65.2 Å². The van der Waals surface area contributed by atoms with E-state index >= 15 is 0 Å². The molecule has 10 heteroatoms. The summed E-state index contributed by atoms with van der Waals surface area (Å²) in [7, 11) is -3.80. The van der Waals surface area contributed by atoms with Crippen LogP contribution in [-0.4, -0.2) is 31.0 Å². The van der Waals surface area contributed by atoms with Crippen molar-refractivity contribution in [3.63, 3.8) is 0 Å². The Morgan fingerprint density at radius 2 is 1.88 bits per heavy atom. The molecule has 2 heterocycles.